The standard InChI is InChI=1S/C25H21F3N2O4/c26-25(27,28)18-8-6-16(7-9-18)12-13-30(19-10-11-20-21(14-19)34-15-33-20)24(32)22(23(29)31)17-4-2-1-3-5-17/h1-11,14,22H,12-13,15H2,(H2,29,31). The molecule has 0 spiro atoms. The van der Waals surface area contributed by atoms with Crippen LogP contribution in [0.25, 0.3) is 0 Å². The highest BCUT2D eigenvalue weighted by molar-refractivity contribution is 6.11. The lowest BCUT2D eigenvalue weighted by Gasteiger charge is -2.27. The van der Waals surface area contributed by atoms with E-state index in [0.717, 1.165) is 12.1 Å². The summed E-state index contributed by atoms with van der Waals surface area (Å²) in [6, 6.07) is 18.1. The zero-order valence-corrected chi connectivity index (χ0v) is 17.9. The Kier molecular flexibility index (Phi) is 6.45. The lowest BCUT2D eigenvalue weighted by molar-refractivity contribution is -0.137. The summed E-state index contributed by atoms with van der Waals surface area (Å²) in [6.07, 6.45) is -4.18. The summed E-state index contributed by atoms with van der Waals surface area (Å²) in [4.78, 5) is 27.3. The molecule has 6 nitrogen and oxygen atoms in total. The zero-order valence-electron chi connectivity index (χ0n) is 17.9. The molecular weight excluding hydrogens is 449 g/mol. The van der Waals surface area contributed by atoms with E-state index >= 15 is 0 Å². The molecule has 0 radical (unpaired) electrons. The van der Waals surface area contributed by atoms with Crippen molar-refractivity contribution < 1.29 is 32.2 Å². The topological polar surface area (TPSA) is 81.9 Å². The molecule has 0 fully saturated rings. The predicted molar refractivity (Wildman–Crippen MR) is 118 cm³/mol. The molecule has 9 heteroatoms. The van der Waals surface area contributed by atoms with Crippen LogP contribution in [0.2, 0.25) is 0 Å². The molecule has 0 aromatic heterocycles. The molecule has 176 valence electrons. The second-order valence-electron chi connectivity index (χ2n) is 7.72. The van der Waals surface area contributed by atoms with Gasteiger partial charge in [-0.05, 0) is 41.8 Å². The van der Waals surface area contributed by atoms with Gasteiger partial charge in [-0.25, -0.2) is 0 Å². The van der Waals surface area contributed by atoms with Gasteiger partial charge in [-0.2, -0.15) is 13.2 Å². The summed E-state index contributed by atoms with van der Waals surface area (Å²) in [5, 5.41) is 0. The maximum atomic E-state index is 13.6. The van der Waals surface area contributed by atoms with Crippen LogP contribution in [0.5, 0.6) is 11.5 Å². The molecule has 1 aliphatic heterocycles. The molecule has 1 atom stereocenters. The summed E-state index contributed by atoms with van der Waals surface area (Å²) in [5.74, 6) is -1.63. The smallest absolute Gasteiger partial charge is 0.416 e. The van der Waals surface area contributed by atoms with Crippen LogP contribution in [0.1, 0.15) is 22.6 Å². The molecule has 34 heavy (non-hydrogen) atoms. The van der Waals surface area contributed by atoms with Crippen molar-refractivity contribution in [3.8, 4) is 11.5 Å². The van der Waals surface area contributed by atoms with E-state index in [1.807, 2.05) is 0 Å². The third-order valence-corrected chi connectivity index (χ3v) is 5.50. The number of ether oxygens (including phenoxy) is 2. The van der Waals surface area contributed by atoms with E-state index in [2.05, 4.69) is 0 Å². The van der Waals surface area contributed by atoms with Crippen LogP contribution in [-0.4, -0.2) is 25.2 Å². The van der Waals surface area contributed by atoms with Crippen LogP contribution in [0.4, 0.5) is 18.9 Å². The number of amides is 2. The largest absolute Gasteiger partial charge is 0.454 e. The van der Waals surface area contributed by atoms with E-state index in [-0.39, 0.29) is 19.8 Å². The van der Waals surface area contributed by atoms with E-state index in [1.54, 1.807) is 48.5 Å². The number of rotatable bonds is 7. The Morgan fingerprint density at radius 2 is 1.62 bits per heavy atom. The van der Waals surface area contributed by atoms with Crippen molar-refractivity contribution in [2.45, 2.75) is 18.5 Å². The summed E-state index contributed by atoms with van der Waals surface area (Å²) in [6.45, 7) is 0.146. The molecule has 0 saturated heterocycles. The fourth-order valence-electron chi connectivity index (χ4n) is 3.75. The first kappa shape index (κ1) is 23.2. The van der Waals surface area contributed by atoms with E-state index < -0.39 is 29.5 Å². The van der Waals surface area contributed by atoms with Gasteiger partial charge in [0.1, 0.15) is 5.92 Å². The number of carbonyl (C=O) groups is 2. The minimum absolute atomic E-state index is 0.0478. The molecule has 1 unspecified atom stereocenters. The number of fused-ring (bicyclic) bond motifs is 1. The van der Waals surface area contributed by atoms with Gasteiger partial charge < -0.3 is 20.1 Å². The lowest BCUT2D eigenvalue weighted by Crippen LogP contribution is -2.41. The quantitative estimate of drug-likeness (QED) is 0.523. The molecule has 4 rings (SSSR count). The van der Waals surface area contributed by atoms with Crippen LogP contribution in [0.3, 0.4) is 0 Å². The Morgan fingerprint density at radius 3 is 2.26 bits per heavy atom. The van der Waals surface area contributed by atoms with Gasteiger partial charge in [-0.15, -0.1) is 0 Å². The molecule has 1 heterocycles. The first-order chi connectivity index (χ1) is 16.2. The summed E-state index contributed by atoms with van der Waals surface area (Å²) < 4.78 is 49.4. The van der Waals surface area contributed by atoms with E-state index in [9.17, 15) is 22.8 Å². The second-order valence-corrected chi connectivity index (χ2v) is 7.72. The van der Waals surface area contributed by atoms with Gasteiger partial charge in [0.25, 0.3) is 0 Å². The molecule has 0 bridgehead atoms. The normalized spacial score (nSPS) is 13.4. The first-order valence-electron chi connectivity index (χ1n) is 10.5. The van der Waals surface area contributed by atoms with Gasteiger partial charge in [0.15, 0.2) is 11.5 Å². The van der Waals surface area contributed by atoms with Gasteiger partial charge in [0.05, 0.1) is 5.56 Å². The van der Waals surface area contributed by atoms with Gasteiger partial charge >= 0.3 is 6.18 Å². The van der Waals surface area contributed by atoms with Crippen molar-refractivity contribution >= 4 is 17.5 Å². The number of primary amides is 1. The number of carbonyl (C=O) groups excluding carboxylic acids is 2. The molecule has 1 aliphatic rings. The fourth-order valence-corrected chi connectivity index (χ4v) is 3.75. The SMILES string of the molecule is NC(=O)C(C(=O)N(CCc1ccc(C(F)(F)F)cc1)c1ccc2c(c1)OCO2)c1ccccc1. The summed E-state index contributed by atoms with van der Waals surface area (Å²) in [7, 11) is 0. The number of halogens is 3. The molecular formula is C25H21F3N2O4. The molecule has 0 saturated carbocycles. The van der Waals surface area contributed by atoms with Gasteiger partial charge in [-0.3, -0.25) is 9.59 Å². The molecule has 2 N–H and O–H groups in total. The Bertz CT molecular complexity index is 1180. The van der Waals surface area contributed by atoms with Gasteiger partial charge in [0, 0.05) is 18.3 Å². The van der Waals surface area contributed by atoms with E-state index in [1.165, 1.54) is 17.0 Å². The maximum absolute atomic E-state index is 13.6. The summed E-state index contributed by atoms with van der Waals surface area (Å²) >= 11 is 0. The van der Waals surface area contributed by atoms with Crippen LogP contribution >= 0.6 is 0 Å². The number of nitrogens with two attached hydrogens (primary N) is 1. The molecule has 2 amide bonds. The number of nitrogens with zero attached hydrogens (tertiary/aromatic N) is 1. The third kappa shape index (κ3) is 4.98. The van der Waals surface area contributed by atoms with Crippen LogP contribution in [-0.2, 0) is 22.2 Å². The highest BCUT2D eigenvalue weighted by Crippen LogP contribution is 2.36. The fraction of sp³-hybridized carbons (Fsp3) is 0.200. The molecule has 3 aromatic rings. The maximum Gasteiger partial charge on any atom is 0.416 e. The van der Waals surface area contributed by atoms with Crippen molar-refractivity contribution in [2.75, 3.05) is 18.2 Å². The highest BCUT2D eigenvalue weighted by atomic mass is 19.4. The van der Waals surface area contributed by atoms with Crippen molar-refractivity contribution in [2.24, 2.45) is 5.73 Å². The molecule has 3 aromatic carbocycles. The second kappa shape index (κ2) is 9.46. The van der Waals surface area contributed by atoms with Crippen LogP contribution < -0.4 is 20.1 Å². The Balaban J connectivity index is 1.64. The number of anilines is 1. The minimum Gasteiger partial charge on any atom is -0.454 e. The number of hydrogen-bond donors (Lipinski definition) is 1. The van der Waals surface area contributed by atoms with Crippen molar-refractivity contribution in [3.05, 3.63) is 89.5 Å². The minimum atomic E-state index is -4.43. The van der Waals surface area contributed by atoms with Crippen LogP contribution in [0, 0.1) is 0 Å². The predicted octanol–water partition coefficient (Wildman–Crippen LogP) is 4.28. The monoisotopic (exact) mass is 470 g/mol. The van der Waals surface area contributed by atoms with Gasteiger partial charge in [0.2, 0.25) is 18.6 Å². The van der Waals surface area contributed by atoms with Crippen molar-refractivity contribution in [3.63, 3.8) is 0 Å². The average molecular weight is 470 g/mol. The van der Waals surface area contributed by atoms with Crippen LogP contribution in [0.15, 0.2) is 72.8 Å². The number of hydrogen-bond acceptors (Lipinski definition) is 4. The van der Waals surface area contributed by atoms with Gasteiger partial charge in [-0.1, -0.05) is 42.5 Å². The Morgan fingerprint density at radius 1 is 0.941 bits per heavy atom. The van der Waals surface area contributed by atoms with Crippen molar-refractivity contribution in [1.29, 1.82) is 0 Å². The van der Waals surface area contributed by atoms with E-state index in [4.69, 9.17) is 15.2 Å². The highest BCUT2D eigenvalue weighted by Gasteiger charge is 2.33. The number of benzene rings is 3. The Labute approximate surface area is 193 Å². The average Bonchev–Trinajstić information content (AvgIpc) is 3.28. The van der Waals surface area contributed by atoms with E-state index in [0.29, 0.717) is 28.3 Å². The Hall–Kier alpha value is -4.01. The zero-order chi connectivity index (χ0) is 24.3. The number of alkyl halides is 3. The third-order valence-electron chi connectivity index (χ3n) is 5.50. The summed E-state index contributed by atoms with van der Waals surface area (Å²) in [5.41, 5.74) is 6.34. The first-order valence-corrected chi connectivity index (χ1v) is 10.5. The lowest BCUT2D eigenvalue weighted by atomic mass is 9.96. The molecule has 0 aliphatic carbocycles. The van der Waals surface area contributed by atoms with Crippen molar-refractivity contribution in [1.82, 2.24) is 0 Å².